The van der Waals surface area contributed by atoms with E-state index < -0.39 is 48.2 Å². The molecule has 1 saturated heterocycles. The SMILES string of the molecule is CC(CC(=O)ON1C(=O)CCC1=O)OC(=O)COC(=O)OC(C)(C)C. The number of ether oxygens (including phenoxy) is 3. The fourth-order valence-electron chi connectivity index (χ4n) is 1.73. The van der Waals surface area contributed by atoms with Gasteiger partial charge in [0.2, 0.25) is 0 Å². The third-order valence-corrected chi connectivity index (χ3v) is 2.68. The molecule has 1 unspecified atom stereocenters. The van der Waals surface area contributed by atoms with Crippen molar-refractivity contribution in [3.8, 4) is 0 Å². The van der Waals surface area contributed by atoms with Crippen LogP contribution in [0.4, 0.5) is 4.79 Å². The third kappa shape index (κ3) is 7.64. The first-order chi connectivity index (χ1) is 11.5. The molecule has 10 heteroatoms. The maximum atomic E-state index is 11.6. The largest absolute Gasteiger partial charge is 0.509 e. The Balaban J connectivity index is 2.31. The van der Waals surface area contributed by atoms with Gasteiger partial charge in [0.25, 0.3) is 11.8 Å². The summed E-state index contributed by atoms with van der Waals surface area (Å²) in [5.74, 6) is -3.00. The number of hydroxylamine groups is 2. The molecule has 0 aromatic heterocycles. The summed E-state index contributed by atoms with van der Waals surface area (Å²) in [7, 11) is 0. The van der Waals surface area contributed by atoms with Gasteiger partial charge in [-0.1, -0.05) is 0 Å². The molecule has 0 aromatic rings. The minimum absolute atomic E-state index is 0.0152. The number of nitrogens with zero attached hydrogens (tertiary/aromatic N) is 1. The first-order valence-corrected chi connectivity index (χ1v) is 7.60. The predicted molar refractivity (Wildman–Crippen MR) is 79.5 cm³/mol. The zero-order chi connectivity index (χ0) is 19.2. The number of hydrogen-bond donors (Lipinski definition) is 0. The van der Waals surface area contributed by atoms with E-state index in [1.54, 1.807) is 20.8 Å². The van der Waals surface area contributed by atoms with Gasteiger partial charge >= 0.3 is 18.1 Å². The number of carbonyl (C=O) groups excluding carboxylic acids is 5. The van der Waals surface area contributed by atoms with Gasteiger partial charge in [0.15, 0.2) is 6.61 Å². The highest BCUT2D eigenvalue weighted by Crippen LogP contribution is 2.13. The Morgan fingerprint density at radius 1 is 1.08 bits per heavy atom. The van der Waals surface area contributed by atoms with E-state index in [9.17, 15) is 24.0 Å². The van der Waals surface area contributed by atoms with Crippen LogP contribution in [0, 0.1) is 0 Å². The summed E-state index contributed by atoms with van der Waals surface area (Å²) in [6, 6.07) is 0. The van der Waals surface area contributed by atoms with Gasteiger partial charge in [-0.15, -0.1) is 5.06 Å². The van der Waals surface area contributed by atoms with Gasteiger partial charge in [0.1, 0.15) is 11.7 Å². The number of amides is 2. The molecular formula is C15H21NO9. The highest BCUT2D eigenvalue weighted by Gasteiger charge is 2.33. The summed E-state index contributed by atoms with van der Waals surface area (Å²) in [6.07, 6.45) is -2.34. The fraction of sp³-hybridized carbons (Fsp3) is 0.667. The van der Waals surface area contributed by atoms with Crippen LogP contribution in [0.3, 0.4) is 0 Å². The van der Waals surface area contributed by atoms with Crippen molar-refractivity contribution in [1.82, 2.24) is 5.06 Å². The van der Waals surface area contributed by atoms with Gasteiger partial charge < -0.3 is 19.0 Å². The van der Waals surface area contributed by atoms with Crippen LogP contribution in [0.2, 0.25) is 0 Å². The summed E-state index contributed by atoms with van der Waals surface area (Å²) < 4.78 is 14.3. The third-order valence-electron chi connectivity index (χ3n) is 2.68. The molecule has 0 spiro atoms. The molecule has 1 atom stereocenters. The van der Waals surface area contributed by atoms with Crippen LogP contribution in [0.1, 0.15) is 47.0 Å². The van der Waals surface area contributed by atoms with Gasteiger partial charge in [-0.3, -0.25) is 9.59 Å². The molecule has 1 aliphatic heterocycles. The molecule has 2 amide bonds. The van der Waals surface area contributed by atoms with E-state index in [2.05, 4.69) is 9.57 Å². The molecule has 0 radical (unpaired) electrons. The molecule has 0 aromatic carbocycles. The predicted octanol–water partition coefficient (Wildman–Crippen LogP) is 0.867. The van der Waals surface area contributed by atoms with E-state index in [1.165, 1.54) is 6.92 Å². The Labute approximate surface area is 144 Å². The standard InChI is InChI=1S/C15H21NO9/c1-9(7-12(19)25-16-10(17)5-6-11(16)18)23-13(20)8-22-14(21)24-15(2,3)4/h9H,5-8H2,1-4H3. The number of imide groups is 1. The van der Waals surface area contributed by atoms with Crippen molar-refractivity contribution in [2.24, 2.45) is 0 Å². The van der Waals surface area contributed by atoms with Crippen LogP contribution in [0.15, 0.2) is 0 Å². The lowest BCUT2D eigenvalue weighted by molar-refractivity contribution is -0.199. The first-order valence-electron chi connectivity index (χ1n) is 7.60. The average Bonchev–Trinajstić information content (AvgIpc) is 2.75. The van der Waals surface area contributed by atoms with Gasteiger partial charge in [-0.25, -0.2) is 14.4 Å². The summed E-state index contributed by atoms with van der Waals surface area (Å²) >= 11 is 0. The van der Waals surface area contributed by atoms with Crippen LogP contribution in [-0.4, -0.2) is 53.3 Å². The van der Waals surface area contributed by atoms with Crippen molar-refractivity contribution in [3.63, 3.8) is 0 Å². The molecule has 1 fully saturated rings. The van der Waals surface area contributed by atoms with Crippen molar-refractivity contribution in [1.29, 1.82) is 0 Å². The van der Waals surface area contributed by atoms with Crippen molar-refractivity contribution in [2.45, 2.75) is 58.7 Å². The smallest absolute Gasteiger partial charge is 0.460 e. The fourth-order valence-corrected chi connectivity index (χ4v) is 1.73. The highest BCUT2D eigenvalue weighted by molar-refractivity contribution is 6.01. The van der Waals surface area contributed by atoms with Gasteiger partial charge in [-0.05, 0) is 27.7 Å². The van der Waals surface area contributed by atoms with Crippen molar-refractivity contribution in [2.75, 3.05) is 6.61 Å². The molecule has 10 nitrogen and oxygen atoms in total. The minimum Gasteiger partial charge on any atom is -0.460 e. The van der Waals surface area contributed by atoms with Gasteiger partial charge in [0, 0.05) is 12.8 Å². The molecule has 0 saturated carbocycles. The molecule has 0 bridgehead atoms. The van der Waals surface area contributed by atoms with E-state index in [-0.39, 0.29) is 19.3 Å². The Kier molecular flexibility index (Phi) is 6.89. The first kappa shape index (κ1) is 20.4. The molecule has 1 heterocycles. The van der Waals surface area contributed by atoms with Crippen LogP contribution in [0.5, 0.6) is 0 Å². The maximum absolute atomic E-state index is 11.6. The minimum atomic E-state index is -1.03. The van der Waals surface area contributed by atoms with E-state index in [1.807, 2.05) is 0 Å². The van der Waals surface area contributed by atoms with Crippen LogP contribution in [-0.2, 0) is 38.2 Å². The number of carbonyl (C=O) groups is 5. The molecule has 1 aliphatic rings. The normalized spacial score (nSPS) is 15.6. The Morgan fingerprint density at radius 3 is 2.16 bits per heavy atom. The lowest BCUT2D eigenvalue weighted by Gasteiger charge is -2.19. The second-order valence-electron chi connectivity index (χ2n) is 6.30. The Hall–Kier alpha value is -2.65. The molecular weight excluding hydrogens is 338 g/mol. The molecule has 25 heavy (non-hydrogen) atoms. The van der Waals surface area contributed by atoms with E-state index in [0.717, 1.165) is 0 Å². The molecule has 140 valence electrons. The lowest BCUT2D eigenvalue weighted by Crippen LogP contribution is -2.33. The molecule has 0 N–H and O–H groups in total. The second kappa shape index (κ2) is 8.45. The summed E-state index contributed by atoms with van der Waals surface area (Å²) in [5, 5.41) is 0.405. The van der Waals surface area contributed by atoms with Crippen molar-refractivity contribution >= 4 is 29.9 Å². The number of esters is 1. The van der Waals surface area contributed by atoms with Crippen LogP contribution >= 0.6 is 0 Å². The number of hydrogen-bond acceptors (Lipinski definition) is 9. The Bertz CT molecular complexity index is 548. The molecule has 0 aliphatic carbocycles. The molecule has 1 rings (SSSR count). The maximum Gasteiger partial charge on any atom is 0.509 e. The van der Waals surface area contributed by atoms with Crippen molar-refractivity contribution < 1.29 is 43.0 Å². The zero-order valence-electron chi connectivity index (χ0n) is 14.5. The van der Waals surface area contributed by atoms with E-state index in [0.29, 0.717) is 5.06 Å². The average molecular weight is 359 g/mol. The second-order valence-corrected chi connectivity index (χ2v) is 6.30. The topological polar surface area (TPSA) is 126 Å². The van der Waals surface area contributed by atoms with Crippen molar-refractivity contribution in [3.05, 3.63) is 0 Å². The monoisotopic (exact) mass is 359 g/mol. The van der Waals surface area contributed by atoms with Crippen LogP contribution < -0.4 is 0 Å². The number of rotatable bonds is 6. The van der Waals surface area contributed by atoms with Gasteiger partial charge in [-0.2, -0.15) is 0 Å². The Morgan fingerprint density at radius 2 is 1.64 bits per heavy atom. The lowest BCUT2D eigenvalue weighted by atomic mass is 10.2. The van der Waals surface area contributed by atoms with Gasteiger partial charge in [0.05, 0.1) is 6.42 Å². The highest BCUT2D eigenvalue weighted by atomic mass is 16.7. The quantitative estimate of drug-likeness (QED) is 0.501. The summed E-state index contributed by atoms with van der Waals surface area (Å²) in [6.45, 7) is 5.63. The van der Waals surface area contributed by atoms with E-state index in [4.69, 9.17) is 9.47 Å². The summed E-state index contributed by atoms with van der Waals surface area (Å²) in [5.41, 5.74) is -0.761. The van der Waals surface area contributed by atoms with E-state index >= 15 is 0 Å². The summed E-state index contributed by atoms with van der Waals surface area (Å²) in [4.78, 5) is 61.7. The zero-order valence-corrected chi connectivity index (χ0v) is 14.5. The van der Waals surface area contributed by atoms with Crippen LogP contribution in [0.25, 0.3) is 0 Å².